The van der Waals surface area contributed by atoms with E-state index in [1.54, 1.807) is 13.0 Å². The third-order valence-electron chi connectivity index (χ3n) is 0.501. The van der Waals surface area contributed by atoms with E-state index >= 15 is 0 Å². The van der Waals surface area contributed by atoms with Crippen molar-refractivity contribution in [1.82, 2.24) is 0 Å². The Balaban J connectivity index is 3.72. The molecule has 7 heavy (non-hydrogen) atoms. The van der Waals surface area contributed by atoms with E-state index in [4.69, 9.17) is 0 Å². The van der Waals surface area contributed by atoms with Gasteiger partial charge in [0, 0.05) is 0 Å². The summed E-state index contributed by atoms with van der Waals surface area (Å²) >= 11 is 4.18. The van der Waals surface area contributed by atoms with E-state index < -0.39 is 0 Å². The summed E-state index contributed by atoms with van der Waals surface area (Å²) in [5, 5.41) is 0. The van der Waals surface area contributed by atoms with Crippen molar-refractivity contribution in [3.8, 4) is 0 Å². The fourth-order valence-electron chi connectivity index (χ4n) is 0.122. The molecule has 0 aromatic carbocycles. The molecule has 0 saturated heterocycles. The Morgan fingerprint density at radius 2 is 2.29 bits per heavy atom. The van der Waals surface area contributed by atoms with Crippen molar-refractivity contribution in [2.24, 2.45) is 0 Å². The van der Waals surface area contributed by atoms with E-state index in [1.165, 1.54) is 4.99 Å². The summed E-state index contributed by atoms with van der Waals surface area (Å²) in [4.78, 5) is 11.2. The van der Waals surface area contributed by atoms with Gasteiger partial charge >= 0.3 is 49.7 Å². The standard InChI is InChI=1S/C5H6O.Ni/c1-3-5(2)4-6;/h1,3-4H,2H3;/b5-3-;. The number of carbonyl (C=O) groups excluding carboxylic acids is 1. The second-order valence-corrected chi connectivity index (χ2v) is 1.46. The van der Waals surface area contributed by atoms with Crippen LogP contribution in [0.5, 0.6) is 0 Å². The van der Waals surface area contributed by atoms with Crippen molar-refractivity contribution < 1.29 is 19.8 Å². The summed E-state index contributed by atoms with van der Waals surface area (Å²) in [5.41, 5.74) is 0.672. The zero-order chi connectivity index (χ0) is 5.70. The van der Waals surface area contributed by atoms with Gasteiger partial charge in [0.2, 0.25) is 0 Å². The van der Waals surface area contributed by atoms with Gasteiger partial charge in [-0.3, -0.25) is 0 Å². The van der Waals surface area contributed by atoms with E-state index in [0.717, 1.165) is 6.29 Å². The van der Waals surface area contributed by atoms with Crippen molar-refractivity contribution in [2.75, 3.05) is 0 Å². The van der Waals surface area contributed by atoms with Crippen LogP contribution >= 0.6 is 0 Å². The van der Waals surface area contributed by atoms with E-state index in [2.05, 4.69) is 15.0 Å². The molecule has 0 rings (SSSR count). The molecule has 0 aliphatic carbocycles. The fraction of sp³-hybridized carbons (Fsp3) is 0.200. The Labute approximate surface area is 50.3 Å². The zero-order valence-electron chi connectivity index (χ0n) is 3.96. The predicted molar refractivity (Wildman–Crippen MR) is 25.9 cm³/mol. The van der Waals surface area contributed by atoms with Crippen LogP contribution in [-0.4, -0.2) is 11.3 Å². The predicted octanol–water partition coefficient (Wildman–Crippen LogP) is 0.481. The quantitative estimate of drug-likeness (QED) is 0.310. The molecule has 0 heterocycles. The van der Waals surface area contributed by atoms with Crippen LogP contribution in [0.2, 0.25) is 0 Å². The molecule has 0 aromatic rings. The molecule has 0 atom stereocenters. The molecule has 42 valence electrons. The second kappa shape index (κ2) is 3.95. The first-order chi connectivity index (χ1) is 3.31. The Bertz CT molecular complexity index is 105. The molecular formula is C5H6NiO. The monoisotopic (exact) mass is 140 g/mol. The molecule has 0 bridgehead atoms. The first-order valence-electron chi connectivity index (χ1n) is 1.83. The van der Waals surface area contributed by atoms with E-state index in [1.807, 2.05) is 0 Å². The minimum atomic E-state index is 0.672. The van der Waals surface area contributed by atoms with Gasteiger partial charge in [0.05, 0.1) is 0 Å². The molecule has 0 aromatic heterocycles. The minimum absolute atomic E-state index is 0.672. The molecule has 0 saturated carbocycles. The van der Waals surface area contributed by atoms with Gasteiger partial charge in [-0.1, -0.05) is 0 Å². The SMILES string of the molecule is C/C(C=O)=C/[CH]=[Ni]. The number of aldehydes is 1. The summed E-state index contributed by atoms with van der Waals surface area (Å²) in [6, 6.07) is 0. The third-order valence-corrected chi connectivity index (χ3v) is 0.666. The zero-order valence-corrected chi connectivity index (χ0v) is 4.94. The van der Waals surface area contributed by atoms with Gasteiger partial charge in [0.25, 0.3) is 0 Å². The third kappa shape index (κ3) is 3.61. The summed E-state index contributed by atoms with van der Waals surface area (Å²) < 4.78 is 0. The number of carbonyl (C=O) groups is 1. The van der Waals surface area contributed by atoms with Crippen LogP contribution in [0.1, 0.15) is 6.92 Å². The first-order valence-corrected chi connectivity index (χ1v) is 2.40. The van der Waals surface area contributed by atoms with E-state index in [0.29, 0.717) is 5.57 Å². The van der Waals surface area contributed by atoms with Crippen LogP contribution in [0.25, 0.3) is 0 Å². The molecule has 2 heteroatoms. The van der Waals surface area contributed by atoms with Gasteiger partial charge in [-0.25, -0.2) is 0 Å². The molecule has 0 spiro atoms. The van der Waals surface area contributed by atoms with Gasteiger partial charge in [-0.2, -0.15) is 0 Å². The second-order valence-electron chi connectivity index (χ2n) is 1.13. The molecule has 0 N–H and O–H groups in total. The van der Waals surface area contributed by atoms with Crippen molar-refractivity contribution in [3.63, 3.8) is 0 Å². The maximum atomic E-state index is 9.76. The van der Waals surface area contributed by atoms with Crippen LogP contribution in [0.3, 0.4) is 0 Å². The number of allylic oxidation sites excluding steroid dienone is 2. The number of rotatable bonds is 2. The maximum absolute atomic E-state index is 9.76. The normalized spacial score (nSPS) is 11.0. The molecule has 0 aliphatic rings. The molecule has 0 radical (unpaired) electrons. The van der Waals surface area contributed by atoms with Crippen LogP contribution in [0.4, 0.5) is 0 Å². The first kappa shape index (κ1) is 6.77. The van der Waals surface area contributed by atoms with Crippen LogP contribution in [-0.2, 0) is 19.8 Å². The van der Waals surface area contributed by atoms with Crippen LogP contribution in [0, 0.1) is 0 Å². The Hall–Kier alpha value is -0.226. The summed E-state index contributed by atoms with van der Waals surface area (Å²) in [5.74, 6) is 0. The Morgan fingerprint density at radius 1 is 1.71 bits per heavy atom. The van der Waals surface area contributed by atoms with Crippen LogP contribution < -0.4 is 0 Å². The van der Waals surface area contributed by atoms with Crippen LogP contribution in [0.15, 0.2) is 11.6 Å². The summed E-state index contributed by atoms with van der Waals surface area (Å²) in [6.07, 6.45) is 2.38. The van der Waals surface area contributed by atoms with Crippen molar-refractivity contribution in [2.45, 2.75) is 6.92 Å². The number of hydrogen-bond acceptors (Lipinski definition) is 1. The van der Waals surface area contributed by atoms with E-state index in [-0.39, 0.29) is 0 Å². The van der Waals surface area contributed by atoms with Crippen molar-refractivity contribution >= 4 is 11.3 Å². The molecule has 0 unspecified atom stereocenters. The van der Waals surface area contributed by atoms with Crippen molar-refractivity contribution in [3.05, 3.63) is 11.6 Å². The molecule has 0 amide bonds. The molecular weight excluding hydrogens is 135 g/mol. The van der Waals surface area contributed by atoms with Gasteiger partial charge in [0.15, 0.2) is 0 Å². The molecule has 0 aliphatic heterocycles. The van der Waals surface area contributed by atoms with Gasteiger partial charge in [-0.15, -0.1) is 0 Å². The Morgan fingerprint density at radius 3 is 2.43 bits per heavy atom. The van der Waals surface area contributed by atoms with Gasteiger partial charge in [0.1, 0.15) is 0 Å². The average molecular weight is 141 g/mol. The topological polar surface area (TPSA) is 17.1 Å². The Kier molecular flexibility index (Phi) is 3.82. The molecule has 1 nitrogen and oxygen atoms in total. The number of hydrogen-bond donors (Lipinski definition) is 0. The van der Waals surface area contributed by atoms with Gasteiger partial charge in [-0.05, 0) is 0 Å². The summed E-state index contributed by atoms with van der Waals surface area (Å²) in [7, 11) is 0. The summed E-state index contributed by atoms with van der Waals surface area (Å²) in [6.45, 7) is 1.71. The van der Waals surface area contributed by atoms with Gasteiger partial charge < -0.3 is 0 Å². The average Bonchev–Trinajstić information content (AvgIpc) is 1.68. The van der Waals surface area contributed by atoms with E-state index in [9.17, 15) is 4.79 Å². The van der Waals surface area contributed by atoms with Crippen molar-refractivity contribution in [1.29, 1.82) is 0 Å². The molecule has 0 fully saturated rings. The fourth-order valence-corrected chi connectivity index (χ4v) is 0.382.